The number of carbonyl (C=O) groups is 5. The summed E-state index contributed by atoms with van der Waals surface area (Å²) in [7, 11) is 2.82. The van der Waals surface area contributed by atoms with Crippen molar-refractivity contribution in [2.24, 2.45) is 0 Å². The fraction of sp³-hybridized carbons (Fsp3) is 0.688. The molecule has 13 nitrogen and oxygen atoms in total. The smallest absolute Gasteiger partial charge is 0.544 e. The molecule has 0 bridgehead atoms. The van der Waals surface area contributed by atoms with Crippen LogP contribution in [0.15, 0.2) is 0 Å². The molecule has 0 spiro atoms. The third-order valence-corrected chi connectivity index (χ3v) is 4.23. The van der Waals surface area contributed by atoms with Gasteiger partial charge in [-0.05, 0) is 0 Å². The molecule has 0 rings (SSSR count). The molecule has 0 saturated carbocycles. The van der Waals surface area contributed by atoms with Crippen molar-refractivity contribution in [3.8, 4) is 0 Å². The minimum atomic E-state index is -1.35. The summed E-state index contributed by atoms with van der Waals surface area (Å²) in [5.41, 5.74) is 0. The van der Waals surface area contributed by atoms with Crippen LogP contribution in [0.25, 0.3) is 0 Å². The summed E-state index contributed by atoms with van der Waals surface area (Å²) >= 11 is 0. The van der Waals surface area contributed by atoms with E-state index in [9.17, 15) is 39.3 Å². The summed E-state index contributed by atoms with van der Waals surface area (Å²) in [6.07, 6.45) is 0. The van der Waals surface area contributed by atoms with Crippen LogP contribution in [-0.2, 0) is 24.0 Å². The van der Waals surface area contributed by atoms with Crippen molar-refractivity contribution < 1.29 is 83.5 Å². The average Bonchev–Trinajstić information content (AvgIpc) is 2.61. The van der Waals surface area contributed by atoms with Crippen molar-refractivity contribution in [1.29, 1.82) is 0 Å². The third kappa shape index (κ3) is 19.9. The van der Waals surface area contributed by atoms with Gasteiger partial charge in [0.05, 0.1) is 17.9 Å². The van der Waals surface area contributed by atoms with Gasteiger partial charge in [0, 0.05) is 14.1 Å². The van der Waals surface area contributed by atoms with Gasteiger partial charge in [-0.25, -0.2) is 0 Å². The molecule has 0 heterocycles. The Balaban J connectivity index is -0.00000392. The van der Waals surface area contributed by atoms with Crippen LogP contribution in [0.4, 0.5) is 0 Å². The SMILES string of the molecule is CNC(=O)C[NH+](CC[NH+](CC[NH+](CC(=O)[O-])CC(=O)NC)CC(=O)[O-])CC(=O)[O-].[Ca+2].[Na+]. The summed E-state index contributed by atoms with van der Waals surface area (Å²) in [5.74, 6) is -4.78. The number of carboxylic acids is 3. The third-order valence-electron chi connectivity index (χ3n) is 4.23. The Hall–Kier alpha value is -0.510. The Morgan fingerprint density at radius 1 is 0.581 bits per heavy atom. The molecule has 0 aromatic heterocycles. The van der Waals surface area contributed by atoms with Crippen LogP contribution in [0.2, 0.25) is 0 Å². The quantitative estimate of drug-likeness (QED) is 0.134. The van der Waals surface area contributed by atoms with Crippen molar-refractivity contribution in [2.75, 3.05) is 73.0 Å². The zero-order chi connectivity index (χ0) is 22.4. The number of likely N-dealkylation sites (N-methyl/N-ethyl adjacent to an activating group) is 2. The second-order valence-electron chi connectivity index (χ2n) is 6.60. The molecular formula is C16H29CaN5NaO8+3. The Bertz CT molecular complexity index is 556. The second-order valence-corrected chi connectivity index (χ2v) is 6.60. The van der Waals surface area contributed by atoms with Crippen molar-refractivity contribution >= 4 is 67.5 Å². The minimum Gasteiger partial charge on any atom is -0.544 e. The summed E-state index contributed by atoms with van der Waals surface area (Å²) in [4.78, 5) is 57.0. The number of carbonyl (C=O) groups excluding carboxylic acids is 5. The van der Waals surface area contributed by atoms with Gasteiger partial charge >= 0.3 is 67.3 Å². The van der Waals surface area contributed by atoms with Crippen molar-refractivity contribution in [1.82, 2.24) is 10.6 Å². The summed E-state index contributed by atoms with van der Waals surface area (Å²) in [5, 5.41) is 37.5. The maximum absolute atomic E-state index is 11.5. The standard InChI is InChI=1S/C16H29N5O8.Ca.Na/c1-17-12(22)7-20(10-15(26)27)5-3-19(9-14(24)25)4-6-21(11-16(28)29)8-13(23)18-2;;/h3-11H2,1-2H3,(H,17,22)(H,18,23)(H,24,25)(H,26,27)(H,28,29);;/q;+2;+1. The molecule has 15 heteroatoms. The van der Waals surface area contributed by atoms with E-state index >= 15 is 0 Å². The zero-order valence-corrected chi connectivity index (χ0v) is 22.5. The maximum atomic E-state index is 11.5. The Labute approximate surface area is 232 Å². The van der Waals surface area contributed by atoms with Gasteiger partial charge in [0.1, 0.15) is 45.8 Å². The van der Waals surface area contributed by atoms with Gasteiger partial charge in [-0.2, -0.15) is 0 Å². The van der Waals surface area contributed by atoms with Crippen molar-refractivity contribution in [2.45, 2.75) is 0 Å². The number of hydrogen-bond acceptors (Lipinski definition) is 8. The molecule has 5 N–H and O–H groups in total. The topological polar surface area (TPSA) is 192 Å². The number of amides is 2. The molecule has 0 radical (unpaired) electrons. The van der Waals surface area contributed by atoms with Gasteiger partial charge in [0.2, 0.25) is 0 Å². The molecule has 0 aromatic carbocycles. The molecule has 0 aliphatic heterocycles. The fourth-order valence-corrected chi connectivity index (χ4v) is 2.73. The fourth-order valence-electron chi connectivity index (χ4n) is 2.73. The van der Waals surface area contributed by atoms with E-state index < -0.39 is 37.5 Å². The average molecular weight is 483 g/mol. The first-order valence-electron chi connectivity index (χ1n) is 9.08. The van der Waals surface area contributed by atoms with Crippen LogP contribution in [0, 0.1) is 0 Å². The Kier molecular flexibility index (Phi) is 22.8. The van der Waals surface area contributed by atoms with E-state index in [2.05, 4.69) is 10.6 Å². The van der Waals surface area contributed by atoms with Gasteiger partial charge < -0.3 is 55.0 Å². The molecule has 2 amide bonds. The molecule has 0 aliphatic carbocycles. The van der Waals surface area contributed by atoms with E-state index in [-0.39, 0.29) is 118 Å². The largest absolute Gasteiger partial charge is 2.00 e. The van der Waals surface area contributed by atoms with E-state index in [1.807, 2.05) is 0 Å². The van der Waals surface area contributed by atoms with E-state index in [1.54, 1.807) is 0 Å². The van der Waals surface area contributed by atoms with E-state index in [0.717, 1.165) is 0 Å². The van der Waals surface area contributed by atoms with Crippen molar-refractivity contribution in [3.05, 3.63) is 0 Å². The number of quaternary nitrogens is 3. The minimum absolute atomic E-state index is 0. The molecule has 0 fully saturated rings. The summed E-state index contributed by atoms with van der Waals surface area (Å²) in [6, 6.07) is 0. The van der Waals surface area contributed by atoms with Crippen LogP contribution in [0.3, 0.4) is 0 Å². The molecule has 0 aliphatic rings. The van der Waals surface area contributed by atoms with E-state index in [1.165, 1.54) is 14.1 Å². The first kappa shape index (κ1) is 35.1. The van der Waals surface area contributed by atoms with Crippen molar-refractivity contribution in [3.63, 3.8) is 0 Å². The first-order valence-corrected chi connectivity index (χ1v) is 9.08. The molecule has 0 aromatic rings. The number of nitrogens with one attached hydrogen (secondary N) is 5. The van der Waals surface area contributed by atoms with Gasteiger partial charge in [-0.1, -0.05) is 0 Å². The maximum Gasteiger partial charge on any atom is 2.00 e. The normalized spacial score (nSPS) is 12.8. The predicted molar refractivity (Wildman–Crippen MR) is 95.6 cm³/mol. The molecule has 2 unspecified atom stereocenters. The number of rotatable bonds is 16. The van der Waals surface area contributed by atoms with Gasteiger partial charge in [0.25, 0.3) is 11.8 Å². The summed E-state index contributed by atoms with van der Waals surface area (Å²) < 4.78 is 0. The van der Waals surface area contributed by atoms with Gasteiger partial charge in [0.15, 0.2) is 13.1 Å². The molecule has 31 heavy (non-hydrogen) atoms. The van der Waals surface area contributed by atoms with Gasteiger partial charge in [-0.3, -0.25) is 9.59 Å². The number of aliphatic carboxylic acids is 3. The van der Waals surface area contributed by atoms with E-state index in [0.29, 0.717) is 14.7 Å². The predicted octanol–water partition coefficient (Wildman–Crippen LogP) is -15.0. The van der Waals surface area contributed by atoms with Crippen LogP contribution >= 0.6 is 0 Å². The Morgan fingerprint density at radius 2 is 0.839 bits per heavy atom. The van der Waals surface area contributed by atoms with Crippen LogP contribution < -0.4 is 70.2 Å². The Morgan fingerprint density at radius 3 is 1.10 bits per heavy atom. The first-order chi connectivity index (χ1) is 13.6. The molecular weight excluding hydrogens is 453 g/mol. The van der Waals surface area contributed by atoms with Gasteiger partial charge in [-0.15, -0.1) is 0 Å². The van der Waals surface area contributed by atoms with Crippen LogP contribution in [0.1, 0.15) is 0 Å². The second kappa shape index (κ2) is 20.1. The summed E-state index contributed by atoms with van der Waals surface area (Å²) in [6.45, 7) is -0.792. The van der Waals surface area contributed by atoms with Crippen LogP contribution in [0.5, 0.6) is 0 Å². The number of carboxylic acid groups (broad SMARTS) is 3. The molecule has 2 atom stereocenters. The zero-order valence-electron chi connectivity index (χ0n) is 18.3. The molecule has 0 saturated heterocycles. The van der Waals surface area contributed by atoms with E-state index in [4.69, 9.17) is 0 Å². The van der Waals surface area contributed by atoms with Crippen LogP contribution in [-0.4, -0.2) is 140 Å². The monoisotopic (exact) mass is 482 g/mol. The number of hydrogen-bond donors (Lipinski definition) is 5. The molecule has 166 valence electrons.